The molecule has 3 aromatic rings. The maximum Gasteiger partial charge on any atom is 0.274 e. The Kier molecular flexibility index (Phi) is 4.87. The van der Waals surface area contributed by atoms with Gasteiger partial charge in [-0.05, 0) is 61.4 Å². The van der Waals surface area contributed by atoms with Crippen LogP contribution >= 0.6 is 0 Å². The molecule has 2 N–H and O–H groups in total. The molecule has 1 aliphatic rings. The van der Waals surface area contributed by atoms with Gasteiger partial charge in [0.05, 0.1) is 0 Å². The molecule has 0 bridgehead atoms. The second-order valence-electron chi connectivity index (χ2n) is 6.68. The molecular formula is C22H19N3O4. The molecular weight excluding hydrogens is 370 g/mol. The summed E-state index contributed by atoms with van der Waals surface area (Å²) in [6, 6.07) is 15.5. The highest BCUT2D eigenvalue weighted by Crippen LogP contribution is 2.34. The molecule has 146 valence electrons. The van der Waals surface area contributed by atoms with Crippen LogP contribution in [0.3, 0.4) is 0 Å². The fourth-order valence-corrected chi connectivity index (χ4v) is 2.87. The van der Waals surface area contributed by atoms with Crippen LogP contribution < -0.4 is 20.1 Å². The van der Waals surface area contributed by atoms with Crippen molar-refractivity contribution in [3.8, 4) is 11.5 Å². The molecule has 7 heteroatoms. The number of carbonyl (C=O) groups excluding carboxylic acids is 2. The number of nitrogens with zero attached hydrogens (tertiary/aromatic N) is 1. The fraction of sp³-hybridized carbons (Fsp3) is 0.136. The first-order chi connectivity index (χ1) is 14.0. The summed E-state index contributed by atoms with van der Waals surface area (Å²) in [6.45, 7) is 4.14. The lowest BCUT2D eigenvalue weighted by Gasteiger charge is -2.09. The van der Waals surface area contributed by atoms with Crippen molar-refractivity contribution in [1.82, 2.24) is 4.98 Å². The Morgan fingerprint density at radius 3 is 2.10 bits per heavy atom. The van der Waals surface area contributed by atoms with E-state index in [0.29, 0.717) is 22.9 Å². The van der Waals surface area contributed by atoms with Crippen LogP contribution in [0.25, 0.3) is 0 Å². The van der Waals surface area contributed by atoms with Crippen LogP contribution in [0.4, 0.5) is 11.4 Å². The zero-order chi connectivity index (χ0) is 20.4. The summed E-state index contributed by atoms with van der Waals surface area (Å²) < 4.78 is 10.6. The van der Waals surface area contributed by atoms with E-state index in [4.69, 9.17) is 9.47 Å². The number of ether oxygens (including phenoxy) is 2. The second-order valence-corrected chi connectivity index (χ2v) is 6.68. The third-order valence-electron chi connectivity index (χ3n) is 4.61. The Balaban J connectivity index is 1.48. The average molecular weight is 389 g/mol. The van der Waals surface area contributed by atoms with Gasteiger partial charge in [0.15, 0.2) is 11.5 Å². The maximum absolute atomic E-state index is 12.6. The summed E-state index contributed by atoms with van der Waals surface area (Å²) >= 11 is 0. The average Bonchev–Trinajstić information content (AvgIpc) is 3.18. The van der Waals surface area contributed by atoms with E-state index >= 15 is 0 Å². The second kappa shape index (κ2) is 7.63. The number of rotatable bonds is 4. The third-order valence-corrected chi connectivity index (χ3v) is 4.61. The summed E-state index contributed by atoms with van der Waals surface area (Å²) in [5, 5.41) is 5.56. The molecule has 1 aliphatic heterocycles. The van der Waals surface area contributed by atoms with Gasteiger partial charge in [0, 0.05) is 17.4 Å². The van der Waals surface area contributed by atoms with Crippen molar-refractivity contribution >= 4 is 23.2 Å². The standard InChI is InChI=1S/C22H19N3O4/c1-13-6-7-15(10-14(13)2)23-21(26)17-4-3-5-18(25-17)22(27)24-16-8-9-19-20(11-16)29-12-28-19/h3-11H,12H2,1-2H3,(H,23,26)(H,24,27). The van der Waals surface area contributed by atoms with E-state index in [1.807, 2.05) is 32.0 Å². The fourth-order valence-electron chi connectivity index (χ4n) is 2.87. The minimum Gasteiger partial charge on any atom is -0.454 e. The molecule has 0 aliphatic carbocycles. The third kappa shape index (κ3) is 4.03. The van der Waals surface area contributed by atoms with Crippen LogP contribution in [0.15, 0.2) is 54.6 Å². The number of hydrogen-bond acceptors (Lipinski definition) is 5. The summed E-state index contributed by atoms with van der Waals surface area (Å²) in [5.41, 5.74) is 3.73. The molecule has 0 saturated carbocycles. The maximum atomic E-state index is 12.6. The SMILES string of the molecule is Cc1ccc(NC(=O)c2cccc(C(=O)Nc3ccc4c(c3)OCO4)n2)cc1C. The Morgan fingerprint density at radius 1 is 0.793 bits per heavy atom. The van der Waals surface area contributed by atoms with E-state index in [1.54, 1.807) is 36.4 Å². The van der Waals surface area contributed by atoms with Crippen molar-refractivity contribution < 1.29 is 19.1 Å². The van der Waals surface area contributed by atoms with Crippen molar-refractivity contribution in [3.63, 3.8) is 0 Å². The van der Waals surface area contributed by atoms with Gasteiger partial charge < -0.3 is 20.1 Å². The zero-order valence-electron chi connectivity index (χ0n) is 16.0. The summed E-state index contributed by atoms with van der Waals surface area (Å²) in [6.07, 6.45) is 0. The van der Waals surface area contributed by atoms with E-state index in [9.17, 15) is 9.59 Å². The van der Waals surface area contributed by atoms with Gasteiger partial charge in [-0.2, -0.15) is 0 Å². The monoisotopic (exact) mass is 389 g/mol. The highest BCUT2D eigenvalue weighted by atomic mass is 16.7. The molecule has 0 atom stereocenters. The predicted octanol–water partition coefficient (Wildman–Crippen LogP) is 3.93. The molecule has 0 saturated heterocycles. The van der Waals surface area contributed by atoms with Crippen molar-refractivity contribution in [2.24, 2.45) is 0 Å². The number of aryl methyl sites for hydroxylation is 2. The number of carbonyl (C=O) groups is 2. The summed E-state index contributed by atoms with van der Waals surface area (Å²) in [7, 11) is 0. The predicted molar refractivity (Wildman–Crippen MR) is 109 cm³/mol. The molecule has 7 nitrogen and oxygen atoms in total. The van der Waals surface area contributed by atoms with Gasteiger partial charge in [0.1, 0.15) is 11.4 Å². The minimum absolute atomic E-state index is 0.135. The molecule has 29 heavy (non-hydrogen) atoms. The number of benzene rings is 2. The largest absolute Gasteiger partial charge is 0.454 e. The quantitative estimate of drug-likeness (QED) is 0.706. The topological polar surface area (TPSA) is 89.6 Å². The Hall–Kier alpha value is -3.87. The van der Waals surface area contributed by atoms with Gasteiger partial charge in [-0.1, -0.05) is 12.1 Å². The number of pyridine rings is 1. The van der Waals surface area contributed by atoms with Crippen molar-refractivity contribution in [3.05, 3.63) is 77.1 Å². The minimum atomic E-state index is -0.426. The van der Waals surface area contributed by atoms with E-state index in [-0.39, 0.29) is 24.1 Å². The Labute approximate surface area is 167 Å². The van der Waals surface area contributed by atoms with Gasteiger partial charge in [-0.15, -0.1) is 0 Å². The van der Waals surface area contributed by atoms with E-state index in [1.165, 1.54) is 0 Å². The Morgan fingerprint density at radius 2 is 1.41 bits per heavy atom. The normalized spacial score (nSPS) is 11.8. The lowest BCUT2D eigenvalue weighted by atomic mass is 10.1. The van der Waals surface area contributed by atoms with Gasteiger partial charge in [-0.3, -0.25) is 9.59 Å². The molecule has 0 unspecified atom stereocenters. The van der Waals surface area contributed by atoms with Crippen molar-refractivity contribution in [2.45, 2.75) is 13.8 Å². The van der Waals surface area contributed by atoms with Crippen LogP contribution in [0.2, 0.25) is 0 Å². The van der Waals surface area contributed by atoms with Crippen LogP contribution in [-0.2, 0) is 0 Å². The molecule has 2 heterocycles. The molecule has 0 radical (unpaired) electrons. The van der Waals surface area contributed by atoms with E-state index in [2.05, 4.69) is 15.6 Å². The highest BCUT2D eigenvalue weighted by Gasteiger charge is 2.16. The van der Waals surface area contributed by atoms with E-state index < -0.39 is 5.91 Å². The van der Waals surface area contributed by atoms with Crippen LogP contribution in [0.1, 0.15) is 32.1 Å². The van der Waals surface area contributed by atoms with Crippen molar-refractivity contribution in [2.75, 3.05) is 17.4 Å². The smallest absolute Gasteiger partial charge is 0.274 e. The molecule has 0 spiro atoms. The number of fused-ring (bicyclic) bond motifs is 1. The van der Waals surface area contributed by atoms with Crippen LogP contribution in [-0.4, -0.2) is 23.6 Å². The first-order valence-corrected chi connectivity index (χ1v) is 9.06. The molecule has 2 aromatic carbocycles. The molecule has 0 fully saturated rings. The number of anilines is 2. The molecule has 1 aromatic heterocycles. The van der Waals surface area contributed by atoms with Crippen molar-refractivity contribution in [1.29, 1.82) is 0 Å². The number of aromatic nitrogens is 1. The van der Waals surface area contributed by atoms with Gasteiger partial charge in [0.25, 0.3) is 11.8 Å². The molecule has 2 amide bonds. The first kappa shape index (κ1) is 18.5. The highest BCUT2D eigenvalue weighted by molar-refractivity contribution is 6.06. The lowest BCUT2D eigenvalue weighted by molar-refractivity contribution is 0.101. The van der Waals surface area contributed by atoms with Gasteiger partial charge in [0.2, 0.25) is 6.79 Å². The summed E-state index contributed by atoms with van der Waals surface area (Å²) in [5.74, 6) is 0.388. The lowest BCUT2D eigenvalue weighted by Crippen LogP contribution is -2.18. The van der Waals surface area contributed by atoms with Crippen LogP contribution in [0, 0.1) is 13.8 Å². The van der Waals surface area contributed by atoms with E-state index in [0.717, 1.165) is 11.1 Å². The number of nitrogens with one attached hydrogen (secondary N) is 2. The zero-order valence-corrected chi connectivity index (χ0v) is 16.0. The van der Waals surface area contributed by atoms with Crippen LogP contribution in [0.5, 0.6) is 11.5 Å². The Bertz CT molecular complexity index is 1110. The van der Waals surface area contributed by atoms with Gasteiger partial charge in [-0.25, -0.2) is 4.98 Å². The van der Waals surface area contributed by atoms with Gasteiger partial charge >= 0.3 is 0 Å². The molecule has 4 rings (SSSR count). The number of hydrogen-bond donors (Lipinski definition) is 2. The number of amides is 2. The first-order valence-electron chi connectivity index (χ1n) is 9.06. The summed E-state index contributed by atoms with van der Waals surface area (Å²) in [4.78, 5) is 29.3.